The highest BCUT2D eigenvalue weighted by Gasteiger charge is 2.42. The Labute approximate surface area is 147 Å². The van der Waals surface area contributed by atoms with E-state index in [1.165, 1.54) is 12.8 Å². The number of fused-ring (bicyclic) bond motifs is 1. The molecule has 0 aromatic heterocycles. The van der Waals surface area contributed by atoms with Crippen LogP contribution in [0.2, 0.25) is 5.02 Å². The minimum absolute atomic E-state index is 0.166. The number of carbonyl (C=O) groups excluding carboxylic acids is 1. The van der Waals surface area contributed by atoms with Crippen LogP contribution in [-0.2, 0) is 4.74 Å². The highest BCUT2D eigenvalue weighted by Crippen LogP contribution is 2.37. The summed E-state index contributed by atoms with van der Waals surface area (Å²) in [5.41, 5.74) is 1.65. The summed E-state index contributed by atoms with van der Waals surface area (Å²) < 4.78 is 6.01. The van der Waals surface area contributed by atoms with Crippen LogP contribution >= 0.6 is 11.6 Å². The first-order chi connectivity index (χ1) is 11.6. The molecule has 0 spiro atoms. The number of amides is 2. The molecule has 2 saturated heterocycles. The molecule has 0 bridgehead atoms. The number of carbonyl (C=O) groups is 1. The van der Waals surface area contributed by atoms with Gasteiger partial charge in [0.05, 0.1) is 23.4 Å². The lowest BCUT2D eigenvalue weighted by molar-refractivity contribution is -0.0581. The molecule has 3 aliphatic rings. The standard InChI is InChI=1S/C18H24ClN3O2/c1-11-3-2-4-15(19)17(11)21-18(23)20-13-7-14-10-24-16(12-5-6-12)9-22(14)8-13/h2-4,12-14,16H,5-10H2,1H3,(H2,20,21,23)/t13-,14-,16+/m0/s1. The number of morpholine rings is 1. The molecule has 1 saturated carbocycles. The number of anilines is 1. The number of rotatable bonds is 3. The molecule has 5 nitrogen and oxygen atoms in total. The molecule has 1 aromatic carbocycles. The monoisotopic (exact) mass is 349 g/mol. The number of aryl methyl sites for hydroxylation is 1. The molecule has 2 amide bonds. The number of para-hydroxylation sites is 1. The smallest absolute Gasteiger partial charge is 0.319 e. The van der Waals surface area contributed by atoms with Gasteiger partial charge in [-0.2, -0.15) is 0 Å². The molecule has 24 heavy (non-hydrogen) atoms. The fourth-order valence-corrected chi connectivity index (χ4v) is 4.15. The Kier molecular flexibility index (Phi) is 4.41. The van der Waals surface area contributed by atoms with Crippen LogP contribution in [0.1, 0.15) is 24.8 Å². The summed E-state index contributed by atoms with van der Waals surface area (Å²) in [6, 6.07) is 6.02. The first kappa shape index (κ1) is 16.2. The summed E-state index contributed by atoms with van der Waals surface area (Å²) in [6.45, 7) is 4.65. The van der Waals surface area contributed by atoms with Crippen LogP contribution in [0.25, 0.3) is 0 Å². The number of nitrogens with one attached hydrogen (secondary N) is 2. The van der Waals surface area contributed by atoms with Crippen molar-refractivity contribution >= 4 is 23.3 Å². The lowest BCUT2D eigenvalue weighted by atomic mass is 10.1. The van der Waals surface area contributed by atoms with Gasteiger partial charge in [0.25, 0.3) is 0 Å². The molecular formula is C18H24ClN3O2. The number of halogens is 1. The predicted octanol–water partition coefficient (Wildman–Crippen LogP) is 3.02. The van der Waals surface area contributed by atoms with E-state index in [4.69, 9.17) is 16.3 Å². The molecule has 2 heterocycles. The van der Waals surface area contributed by atoms with Crippen molar-refractivity contribution in [3.05, 3.63) is 28.8 Å². The maximum Gasteiger partial charge on any atom is 0.319 e. The summed E-state index contributed by atoms with van der Waals surface area (Å²) in [7, 11) is 0. The van der Waals surface area contributed by atoms with Gasteiger partial charge in [0, 0.05) is 25.2 Å². The number of hydrogen-bond donors (Lipinski definition) is 2. The van der Waals surface area contributed by atoms with E-state index in [0.717, 1.165) is 37.6 Å². The predicted molar refractivity (Wildman–Crippen MR) is 94.6 cm³/mol. The van der Waals surface area contributed by atoms with E-state index in [1.807, 2.05) is 19.1 Å². The Hall–Kier alpha value is -1.30. The quantitative estimate of drug-likeness (QED) is 0.882. The van der Waals surface area contributed by atoms with Crippen molar-refractivity contribution in [2.75, 3.05) is 25.0 Å². The van der Waals surface area contributed by atoms with Gasteiger partial charge in [0.15, 0.2) is 0 Å². The van der Waals surface area contributed by atoms with E-state index >= 15 is 0 Å². The highest BCUT2D eigenvalue weighted by molar-refractivity contribution is 6.33. The normalized spacial score (nSPS) is 30.0. The summed E-state index contributed by atoms with van der Waals surface area (Å²) in [5, 5.41) is 6.55. The Morgan fingerprint density at radius 1 is 1.33 bits per heavy atom. The second-order valence-corrected chi connectivity index (χ2v) is 7.69. The zero-order chi connectivity index (χ0) is 16.7. The molecule has 2 aliphatic heterocycles. The van der Waals surface area contributed by atoms with Gasteiger partial charge in [-0.15, -0.1) is 0 Å². The summed E-state index contributed by atoms with van der Waals surface area (Å²) in [5.74, 6) is 0.768. The molecule has 4 rings (SSSR count). The average molecular weight is 350 g/mol. The van der Waals surface area contributed by atoms with Gasteiger partial charge in [0.1, 0.15) is 0 Å². The molecular weight excluding hydrogens is 326 g/mol. The van der Waals surface area contributed by atoms with Gasteiger partial charge < -0.3 is 15.4 Å². The maximum absolute atomic E-state index is 12.3. The van der Waals surface area contributed by atoms with Crippen molar-refractivity contribution in [2.45, 2.75) is 44.4 Å². The molecule has 2 N–H and O–H groups in total. The lowest BCUT2D eigenvalue weighted by Gasteiger charge is -2.35. The average Bonchev–Trinajstić information content (AvgIpc) is 3.31. The number of nitrogens with zero attached hydrogens (tertiary/aromatic N) is 1. The van der Waals surface area contributed by atoms with Crippen LogP contribution in [0.5, 0.6) is 0 Å². The SMILES string of the molecule is Cc1cccc(Cl)c1NC(=O)N[C@H]1C[C@H]2CO[C@@H](C3CC3)CN2C1. The summed E-state index contributed by atoms with van der Waals surface area (Å²) in [4.78, 5) is 14.8. The number of urea groups is 1. The van der Waals surface area contributed by atoms with Crippen molar-refractivity contribution in [3.63, 3.8) is 0 Å². The van der Waals surface area contributed by atoms with E-state index in [9.17, 15) is 4.79 Å². The molecule has 0 radical (unpaired) electrons. The zero-order valence-electron chi connectivity index (χ0n) is 13.9. The van der Waals surface area contributed by atoms with Crippen molar-refractivity contribution in [3.8, 4) is 0 Å². The van der Waals surface area contributed by atoms with Crippen LogP contribution in [-0.4, -0.2) is 48.8 Å². The number of hydrogen-bond acceptors (Lipinski definition) is 3. The largest absolute Gasteiger partial charge is 0.375 e. The van der Waals surface area contributed by atoms with E-state index in [1.54, 1.807) is 6.07 Å². The van der Waals surface area contributed by atoms with Crippen LogP contribution < -0.4 is 10.6 Å². The summed E-state index contributed by atoms with van der Waals surface area (Å²) in [6.07, 6.45) is 3.97. The third-order valence-corrected chi connectivity index (χ3v) is 5.70. The number of ether oxygens (including phenoxy) is 1. The molecule has 3 fully saturated rings. The van der Waals surface area contributed by atoms with Crippen LogP contribution in [0.15, 0.2) is 18.2 Å². The first-order valence-electron chi connectivity index (χ1n) is 8.78. The third-order valence-electron chi connectivity index (χ3n) is 5.39. The van der Waals surface area contributed by atoms with Gasteiger partial charge in [-0.05, 0) is 43.7 Å². The third kappa shape index (κ3) is 3.39. The second kappa shape index (κ2) is 6.54. The Morgan fingerprint density at radius 2 is 2.17 bits per heavy atom. The topological polar surface area (TPSA) is 53.6 Å². The van der Waals surface area contributed by atoms with Crippen molar-refractivity contribution in [2.24, 2.45) is 5.92 Å². The highest BCUT2D eigenvalue weighted by atomic mass is 35.5. The molecule has 3 atom stereocenters. The molecule has 1 aliphatic carbocycles. The lowest BCUT2D eigenvalue weighted by Crippen LogP contribution is -2.47. The van der Waals surface area contributed by atoms with Crippen molar-refractivity contribution in [1.82, 2.24) is 10.2 Å². The summed E-state index contributed by atoms with van der Waals surface area (Å²) >= 11 is 6.17. The zero-order valence-corrected chi connectivity index (χ0v) is 14.7. The van der Waals surface area contributed by atoms with Gasteiger partial charge >= 0.3 is 6.03 Å². The second-order valence-electron chi connectivity index (χ2n) is 7.28. The minimum atomic E-state index is -0.185. The molecule has 6 heteroatoms. The van der Waals surface area contributed by atoms with Gasteiger partial charge in [-0.3, -0.25) is 4.90 Å². The first-order valence-corrected chi connectivity index (χ1v) is 9.16. The fraction of sp³-hybridized carbons (Fsp3) is 0.611. The van der Waals surface area contributed by atoms with Crippen LogP contribution in [0.3, 0.4) is 0 Å². The molecule has 1 aromatic rings. The Morgan fingerprint density at radius 3 is 2.92 bits per heavy atom. The maximum atomic E-state index is 12.3. The molecule has 130 valence electrons. The van der Waals surface area contributed by atoms with E-state index in [2.05, 4.69) is 15.5 Å². The number of benzene rings is 1. The molecule has 0 unspecified atom stereocenters. The Bertz CT molecular complexity index is 614. The van der Waals surface area contributed by atoms with Crippen molar-refractivity contribution in [1.29, 1.82) is 0 Å². The van der Waals surface area contributed by atoms with E-state index in [0.29, 0.717) is 22.9 Å². The van der Waals surface area contributed by atoms with Crippen LogP contribution in [0.4, 0.5) is 10.5 Å². The Balaban J connectivity index is 1.32. The van der Waals surface area contributed by atoms with E-state index < -0.39 is 0 Å². The fourth-order valence-electron chi connectivity index (χ4n) is 3.88. The van der Waals surface area contributed by atoms with Gasteiger partial charge in [-0.25, -0.2) is 4.79 Å². The van der Waals surface area contributed by atoms with Gasteiger partial charge in [0.2, 0.25) is 0 Å². The van der Waals surface area contributed by atoms with Gasteiger partial charge in [-0.1, -0.05) is 23.7 Å². The van der Waals surface area contributed by atoms with Crippen LogP contribution in [0, 0.1) is 12.8 Å². The van der Waals surface area contributed by atoms with E-state index in [-0.39, 0.29) is 12.1 Å². The van der Waals surface area contributed by atoms with Crippen molar-refractivity contribution < 1.29 is 9.53 Å². The minimum Gasteiger partial charge on any atom is -0.375 e.